The van der Waals surface area contributed by atoms with Crippen LogP contribution in [0.3, 0.4) is 0 Å². The molecule has 32 heavy (non-hydrogen) atoms. The van der Waals surface area contributed by atoms with Crippen molar-refractivity contribution in [2.75, 3.05) is 13.2 Å². The van der Waals surface area contributed by atoms with Crippen LogP contribution in [0.15, 0.2) is 48.5 Å². The van der Waals surface area contributed by atoms with Crippen molar-refractivity contribution in [3.05, 3.63) is 59.7 Å². The number of aliphatic carboxylic acids is 1. The SMILES string of the molecule is CC(NC(=O)OCC1c2ccccc2-c2ccccc21)C(=O)NC[C@@H]1CCC[C@@H]1C(=O)O. The fraction of sp³-hybridized carbons (Fsp3) is 0.400. The quantitative estimate of drug-likeness (QED) is 0.616. The van der Waals surface area contributed by atoms with E-state index in [1.807, 2.05) is 36.4 Å². The topological polar surface area (TPSA) is 105 Å². The summed E-state index contributed by atoms with van der Waals surface area (Å²) in [6, 6.07) is 15.4. The van der Waals surface area contributed by atoms with Gasteiger partial charge in [-0.2, -0.15) is 0 Å². The van der Waals surface area contributed by atoms with Crippen LogP contribution in [-0.4, -0.2) is 42.3 Å². The van der Waals surface area contributed by atoms with E-state index in [1.54, 1.807) is 6.92 Å². The Labute approximate surface area is 187 Å². The van der Waals surface area contributed by atoms with Crippen LogP contribution in [0.2, 0.25) is 0 Å². The molecule has 2 aromatic rings. The van der Waals surface area contributed by atoms with Gasteiger partial charge in [0, 0.05) is 12.5 Å². The average Bonchev–Trinajstić information content (AvgIpc) is 3.39. The zero-order valence-electron chi connectivity index (χ0n) is 18.0. The molecule has 0 aliphatic heterocycles. The van der Waals surface area contributed by atoms with E-state index in [-0.39, 0.29) is 24.3 Å². The van der Waals surface area contributed by atoms with Crippen molar-refractivity contribution in [1.29, 1.82) is 0 Å². The standard InChI is InChI=1S/C25H28N2O5/c1-15(23(28)26-13-16-7-6-12-17(16)24(29)30)27-25(31)32-14-22-20-10-4-2-8-18(20)19-9-3-5-11-21(19)22/h2-5,8-11,15-17,22H,6-7,12-14H2,1H3,(H,26,28)(H,27,31)(H,29,30)/t15?,16-,17-/m0/s1. The van der Waals surface area contributed by atoms with Crippen molar-refractivity contribution in [3.63, 3.8) is 0 Å². The summed E-state index contributed by atoms with van der Waals surface area (Å²) in [5.74, 6) is -1.70. The fourth-order valence-corrected chi connectivity index (χ4v) is 4.87. The third-order valence-corrected chi connectivity index (χ3v) is 6.59. The van der Waals surface area contributed by atoms with Crippen LogP contribution in [-0.2, 0) is 14.3 Å². The van der Waals surface area contributed by atoms with Crippen LogP contribution in [0.5, 0.6) is 0 Å². The van der Waals surface area contributed by atoms with Crippen molar-refractivity contribution in [3.8, 4) is 11.1 Å². The van der Waals surface area contributed by atoms with Gasteiger partial charge >= 0.3 is 12.1 Å². The minimum atomic E-state index is -0.813. The molecule has 2 aliphatic rings. The van der Waals surface area contributed by atoms with Crippen LogP contribution in [0.4, 0.5) is 4.79 Å². The number of carboxylic acid groups (broad SMARTS) is 1. The number of hydrogen-bond acceptors (Lipinski definition) is 4. The highest BCUT2D eigenvalue weighted by atomic mass is 16.5. The molecule has 0 radical (unpaired) electrons. The van der Waals surface area contributed by atoms with E-state index in [9.17, 15) is 19.5 Å². The summed E-state index contributed by atoms with van der Waals surface area (Å²) >= 11 is 0. The van der Waals surface area contributed by atoms with Crippen molar-refractivity contribution in [2.45, 2.75) is 38.1 Å². The summed E-state index contributed by atoms with van der Waals surface area (Å²) in [5, 5.41) is 14.6. The predicted octanol–water partition coefficient (Wildman–Crippen LogP) is 3.53. The summed E-state index contributed by atoms with van der Waals surface area (Å²) in [6.07, 6.45) is 1.62. The van der Waals surface area contributed by atoms with E-state index < -0.39 is 24.0 Å². The van der Waals surface area contributed by atoms with Crippen molar-refractivity contribution in [2.24, 2.45) is 11.8 Å². The number of fused-ring (bicyclic) bond motifs is 3. The number of carbonyl (C=O) groups excluding carboxylic acids is 2. The summed E-state index contributed by atoms with van der Waals surface area (Å²) in [4.78, 5) is 36.0. The second-order valence-electron chi connectivity index (χ2n) is 8.57. The number of alkyl carbamates (subject to hydrolysis) is 1. The van der Waals surface area contributed by atoms with Gasteiger partial charge in [-0.15, -0.1) is 0 Å². The third-order valence-electron chi connectivity index (χ3n) is 6.59. The smallest absolute Gasteiger partial charge is 0.407 e. The molecule has 2 aliphatic carbocycles. The van der Waals surface area contributed by atoms with E-state index in [4.69, 9.17) is 4.74 Å². The number of carbonyl (C=O) groups is 3. The maximum Gasteiger partial charge on any atom is 0.407 e. The first-order chi connectivity index (χ1) is 15.5. The van der Waals surface area contributed by atoms with Crippen LogP contribution in [0.25, 0.3) is 11.1 Å². The van der Waals surface area contributed by atoms with Gasteiger partial charge in [0.25, 0.3) is 0 Å². The number of rotatable bonds is 7. The Kier molecular flexibility index (Phi) is 6.44. The molecule has 1 unspecified atom stereocenters. The Balaban J connectivity index is 1.29. The molecular weight excluding hydrogens is 408 g/mol. The molecule has 0 bridgehead atoms. The minimum Gasteiger partial charge on any atom is -0.481 e. The molecule has 4 rings (SSSR count). The molecule has 168 valence electrons. The maximum absolute atomic E-state index is 12.4. The summed E-state index contributed by atoms with van der Waals surface area (Å²) in [7, 11) is 0. The number of hydrogen-bond donors (Lipinski definition) is 3. The Hall–Kier alpha value is -3.35. The Morgan fingerprint density at radius 2 is 1.66 bits per heavy atom. The van der Waals surface area contributed by atoms with E-state index in [1.165, 1.54) is 0 Å². The second kappa shape index (κ2) is 9.42. The zero-order chi connectivity index (χ0) is 22.7. The Morgan fingerprint density at radius 1 is 1.03 bits per heavy atom. The second-order valence-corrected chi connectivity index (χ2v) is 8.57. The van der Waals surface area contributed by atoms with Crippen LogP contribution in [0, 0.1) is 11.8 Å². The highest BCUT2D eigenvalue weighted by Crippen LogP contribution is 2.44. The Morgan fingerprint density at radius 3 is 2.28 bits per heavy atom. The first-order valence-corrected chi connectivity index (χ1v) is 11.1. The number of benzene rings is 2. The van der Waals surface area contributed by atoms with Gasteiger partial charge in [-0.1, -0.05) is 55.0 Å². The molecule has 2 amide bonds. The van der Waals surface area contributed by atoms with Gasteiger partial charge in [0.15, 0.2) is 0 Å². The third kappa shape index (κ3) is 4.47. The summed E-state index contributed by atoms with van der Waals surface area (Å²) in [6.45, 7) is 2.06. The molecule has 1 fully saturated rings. The molecule has 1 saturated carbocycles. The van der Waals surface area contributed by atoms with Gasteiger partial charge in [-0.05, 0) is 47.9 Å². The van der Waals surface area contributed by atoms with Gasteiger partial charge in [-0.25, -0.2) is 4.79 Å². The van der Waals surface area contributed by atoms with Gasteiger partial charge in [0.05, 0.1) is 5.92 Å². The van der Waals surface area contributed by atoms with Crippen molar-refractivity contribution in [1.82, 2.24) is 10.6 Å². The predicted molar refractivity (Wildman–Crippen MR) is 119 cm³/mol. The van der Waals surface area contributed by atoms with Crippen LogP contribution in [0.1, 0.15) is 43.2 Å². The molecular formula is C25H28N2O5. The monoisotopic (exact) mass is 436 g/mol. The zero-order valence-corrected chi connectivity index (χ0v) is 18.0. The molecule has 0 heterocycles. The van der Waals surface area contributed by atoms with Gasteiger partial charge in [0.2, 0.25) is 5.91 Å². The first-order valence-electron chi connectivity index (χ1n) is 11.1. The van der Waals surface area contributed by atoms with E-state index in [0.717, 1.165) is 35.1 Å². The van der Waals surface area contributed by atoms with E-state index in [0.29, 0.717) is 13.0 Å². The first kappa shape index (κ1) is 21.9. The lowest BCUT2D eigenvalue weighted by molar-refractivity contribution is -0.143. The molecule has 7 nitrogen and oxygen atoms in total. The van der Waals surface area contributed by atoms with Crippen molar-refractivity contribution < 1.29 is 24.2 Å². The Bertz CT molecular complexity index is 975. The molecule has 0 aromatic heterocycles. The number of nitrogens with one attached hydrogen (secondary N) is 2. The summed E-state index contributed by atoms with van der Waals surface area (Å²) in [5.41, 5.74) is 4.54. The maximum atomic E-state index is 12.4. The molecule has 2 aromatic carbocycles. The molecule has 3 atom stereocenters. The largest absolute Gasteiger partial charge is 0.481 e. The number of amides is 2. The number of ether oxygens (including phenoxy) is 1. The van der Waals surface area contributed by atoms with Gasteiger partial charge in [0.1, 0.15) is 12.6 Å². The summed E-state index contributed by atoms with van der Waals surface area (Å²) < 4.78 is 5.48. The highest BCUT2D eigenvalue weighted by molar-refractivity contribution is 5.85. The van der Waals surface area contributed by atoms with Gasteiger partial charge < -0.3 is 20.5 Å². The lowest BCUT2D eigenvalue weighted by Gasteiger charge is -2.19. The number of carboxylic acids is 1. The highest BCUT2D eigenvalue weighted by Gasteiger charge is 2.33. The van der Waals surface area contributed by atoms with Crippen molar-refractivity contribution >= 4 is 18.0 Å². The molecule has 7 heteroatoms. The van der Waals surface area contributed by atoms with E-state index in [2.05, 4.69) is 22.8 Å². The van der Waals surface area contributed by atoms with Crippen LogP contribution < -0.4 is 10.6 Å². The average molecular weight is 437 g/mol. The minimum absolute atomic E-state index is 0.0485. The fourth-order valence-electron chi connectivity index (χ4n) is 4.87. The lowest BCUT2D eigenvalue weighted by Crippen LogP contribution is -2.46. The normalized spacial score (nSPS) is 20.2. The molecule has 3 N–H and O–H groups in total. The van der Waals surface area contributed by atoms with Crippen LogP contribution >= 0.6 is 0 Å². The van der Waals surface area contributed by atoms with Gasteiger partial charge in [-0.3, -0.25) is 9.59 Å². The molecule has 0 spiro atoms. The lowest BCUT2D eigenvalue weighted by atomic mass is 9.96. The molecule has 0 saturated heterocycles. The van der Waals surface area contributed by atoms with E-state index >= 15 is 0 Å².